The van der Waals surface area contributed by atoms with E-state index in [-0.39, 0.29) is 5.91 Å². The number of aryl methyl sites for hydroxylation is 2. The van der Waals surface area contributed by atoms with Gasteiger partial charge in [-0.05, 0) is 49.7 Å². The number of anilines is 3. The van der Waals surface area contributed by atoms with Crippen LogP contribution in [0, 0.1) is 13.8 Å². The summed E-state index contributed by atoms with van der Waals surface area (Å²) in [6.45, 7) is 3.76. The van der Waals surface area contributed by atoms with Crippen LogP contribution in [0.4, 0.5) is 16.5 Å². The normalized spacial score (nSPS) is 10.6. The largest absolute Gasteiger partial charge is 0.321 e. The van der Waals surface area contributed by atoms with Crippen LogP contribution >= 0.6 is 22.9 Å². The summed E-state index contributed by atoms with van der Waals surface area (Å²) < 4.78 is 0. The second-order valence-electron chi connectivity index (χ2n) is 5.72. The van der Waals surface area contributed by atoms with Gasteiger partial charge in [-0.25, -0.2) is 4.98 Å². The highest BCUT2D eigenvalue weighted by atomic mass is 35.5. The highest BCUT2D eigenvalue weighted by Crippen LogP contribution is 2.31. The molecule has 3 rings (SSSR count). The Morgan fingerprint density at radius 3 is 2.56 bits per heavy atom. The molecule has 0 unspecified atom stereocenters. The molecule has 0 saturated heterocycles. The summed E-state index contributed by atoms with van der Waals surface area (Å²) in [5.74, 6) is -0.159. The minimum absolute atomic E-state index is 0.159. The number of hydrogen-bond acceptors (Lipinski definition) is 4. The van der Waals surface area contributed by atoms with Crippen molar-refractivity contribution in [1.82, 2.24) is 4.98 Å². The Morgan fingerprint density at radius 2 is 1.88 bits per heavy atom. The van der Waals surface area contributed by atoms with Crippen LogP contribution < -0.4 is 10.2 Å². The first-order chi connectivity index (χ1) is 12.0. The number of rotatable bonds is 4. The number of hydrogen-bond donors (Lipinski definition) is 1. The van der Waals surface area contributed by atoms with Crippen LogP contribution in [0.3, 0.4) is 0 Å². The number of aromatic nitrogens is 1. The smallest absolute Gasteiger partial charge is 0.267 e. The van der Waals surface area contributed by atoms with E-state index in [0.717, 1.165) is 22.1 Å². The zero-order valence-electron chi connectivity index (χ0n) is 14.2. The van der Waals surface area contributed by atoms with Gasteiger partial charge in [0.05, 0.1) is 5.69 Å². The van der Waals surface area contributed by atoms with E-state index in [4.69, 9.17) is 11.6 Å². The fourth-order valence-corrected chi connectivity index (χ4v) is 3.62. The van der Waals surface area contributed by atoms with E-state index in [1.54, 1.807) is 6.07 Å². The van der Waals surface area contributed by atoms with Crippen molar-refractivity contribution < 1.29 is 4.79 Å². The van der Waals surface area contributed by atoms with Gasteiger partial charge in [-0.2, -0.15) is 0 Å². The summed E-state index contributed by atoms with van der Waals surface area (Å²) in [6, 6.07) is 15.3. The van der Waals surface area contributed by atoms with Crippen LogP contribution in [0.2, 0.25) is 5.02 Å². The Hall–Kier alpha value is -2.37. The molecule has 128 valence electrons. The van der Waals surface area contributed by atoms with Crippen molar-refractivity contribution >= 4 is 45.4 Å². The number of amides is 1. The van der Waals surface area contributed by atoms with Gasteiger partial charge >= 0.3 is 0 Å². The van der Waals surface area contributed by atoms with Gasteiger partial charge in [0, 0.05) is 23.4 Å². The van der Waals surface area contributed by atoms with Gasteiger partial charge in [0.2, 0.25) is 0 Å². The molecule has 1 amide bonds. The van der Waals surface area contributed by atoms with Gasteiger partial charge in [-0.1, -0.05) is 41.1 Å². The monoisotopic (exact) mass is 371 g/mol. The Labute approximate surface area is 156 Å². The van der Waals surface area contributed by atoms with Crippen molar-refractivity contribution in [2.75, 3.05) is 17.3 Å². The third-order valence-corrected chi connectivity index (χ3v) is 5.33. The molecule has 4 nitrogen and oxygen atoms in total. The van der Waals surface area contributed by atoms with Gasteiger partial charge in [-0.3, -0.25) is 4.79 Å². The van der Waals surface area contributed by atoms with Crippen molar-refractivity contribution in [3.63, 3.8) is 0 Å². The molecule has 3 aromatic rings. The second-order valence-corrected chi connectivity index (χ2v) is 7.13. The third kappa shape index (κ3) is 3.83. The van der Waals surface area contributed by atoms with Gasteiger partial charge < -0.3 is 10.2 Å². The zero-order valence-corrected chi connectivity index (χ0v) is 15.8. The van der Waals surface area contributed by atoms with E-state index < -0.39 is 0 Å². The maximum Gasteiger partial charge on any atom is 0.267 e. The third-order valence-electron chi connectivity index (χ3n) is 3.86. The highest BCUT2D eigenvalue weighted by molar-refractivity contribution is 7.17. The lowest BCUT2D eigenvalue weighted by atomic mass is 10.2. The van der Waals surface area contributed by atoms with Crippen molar-refractivity contribution in [2.24, 2.45) is 0 Å². The van der Waals surface area contributed by atoms with Crippen LogP contribution in [0.5, 0.6) is 0 Å². The standard InChI is InChI=1S/C19H18ClN3OS/c1-12-11-14(20)9-10-16(12)22-18(24)17-13(2)21-19(25-17)23(3)15-7-5-4-6-8-15/h4-11H,1-3H3,(H,22,24). The quantitative estimate of drug-likeness (QED) is 0.664. The number of carbonyl (C=O) groups excluding carboxylic acids is 1. The van der Waals surface area contributed by atoms with Crippen LogP contribution in [-0.4, -0.2) is 17.9 Å². The molecule has 0 aliphatic rings. The molecule has 25 heavy (non-hydrogen) atoms. The minimum Gasteiger partial charge on any atom is -0.321 e. The summed E-state index contributed by atoms with van der Waals surface area (Å²) in [6.07, 6.45) is 0. The Morgan fingerprint density at radius 1 is 1.16 bits per heavy atom. The van der Waals surface area contributed by atoms with E-state index in [9.17, 15) is 4.79 Å². The van der Waals surface area contributed by atoms with Gasteiger partial charge in [0.15, 0.2) is 5.13 Å². The fraction of sp³-hybridized carbons (Fsp3) is 0.158. The van der Waals surface area contributed by atoms with E-state index in [0.29, 0.717) is 15.6 Å². The van der Waals surface area contributed by atoms with Crippen LogP contribution in [0.15, 0.2) is 48.5 Å². The molecule has 0 radical (unpaired) electrons. The summed E-state index contributed by atoms with van der Waals surface area (Å²) in [5.41, 5.74) is 3.41. The van der Waals surface area contributed by atoms with E-state index in [1.807, 2.05) is 68.3 Å². The number of para-hydroxylation sites is 1. The molecule has 1 aromatic heterocycles. The molecule has 1 heterocycles. The average molecular weight is 372 g/mol. The molecule has 0 aliphatic carbocycles. The number of thiazole rings is 1. The molecule has 0 aliphatic heterocycles. The number of benzene rings is 2. The molecule has 0 saturated carbocycles. The minimum atomic E-state index is -0.159. The van der Waals surface area contributed by atoms with Crippen molar-refractivity contribution in [3.8, 4) is 0 Å². The Kier molecular flexibility index (Phi) is 5.06. The maximum absolute atomic E-state index is 12.7. The summed E-state index contributed by atoms with van der Waals surface area (Å²) in [4.78, 5) is 19.8. The lowest BCUT2D eigenvalue weighted by Crippen LogP contribution is -2.12. The summed E-state index contributed by atoms with van der Waals surface area (Å²) >= 11 is 7.34. The molecule has 2 aromatic carbocycles. The summed E-state index contributed by atoms with van der Waals surface area (Å²) in [7, 11) is 1.94. The first-order valence-corrected chi connectivity index (χ1v) is 8.99. The van der Waals surface area contributed by atoms with E-state index >= 15 is 0 Å². The van der Waals surface area contributed by atoms with Crippen LogP contribution in [-0.2, 0) is 0 Å². The number of nitrogens with zero attached hydrogens (tertiary/aromatic N) is 2. The van der Waals surface area contributed by atoms with E-state index in [1.165, 1.54) is 11.3 Å². The van der Waals surface area contributed by atoms with E-state index in [2.05, 4.69) is 10.3 Å². The molecule has 1 N–H and O–H groups in total. The predicted molar refractivity (Wildman–Crippen MR) is 105 cm³/mol. The molecule has 6 heteroatoms. The van der Waals surface area contributed by atoms with Crippen LogP contribution in [0.25, 0.3) is 0 Å². The Balaban J connectivity index is 1.83. The SMILES string of the molecule is Cc1cc(Cl)ccc1NC(=O)c1sc(N(C)c2ccccc2)nc1C. The van der Waals surface area contributed by atoms with Gasteiger partial charge in [-0.15, -0.1) is 0 Å². The predicted octanol–water partition coefficient (Wildman–Crippen LogP) is 5.43. The summed E-state index contributed by atoms with van der Waals surface area (Å²) in [5, 5.41) is 4.37. The molecule has 0 spiro atoms. The molecular formula is C19H18ClN3OS. The molecule has 0 atom stereocenters. The van der Waals surface area contributed by atoms with Crippen molar-refractivity contribution in [1.29, 1.82) is 0 Å². The van der Waals surface area contributed by atoms with Gasteiger partial charge in [0.1, 0.15) is 4.88 Å². The molecule has 0 fully saturated rings. The molecule has 0 bridgehead atoms. The first kappa shape index (κ1) is 17.5. The first-order valence-electron chi connectivity index (χ1n) is 7.79. The number of nitrogens with one attached hydrogen (secondary N) is 1. The lowest BCUT2D eigenvalue weighted by molar-refractivity contribution is 0.102. The number of carbonyl (C=O) groups is 1. The molecular weight excluding hydrogens is 354 g/mol. The second kappa shape index (κ2) is 7.25. The van der Waals surface area contributed by atoms with Gasteiger partial charge in [0.25, 0.3) is 5.91 Å². The topological polar surface area (TPSA) is 45.2 Å². The zero-order chi connectivity index (χ0) is 18.0. The lowest BCUT2D eigenvalue weighted by Gasteiger charge is -2.15. The highest BCUT2D eigenvalue weighted by Gasteiger charge is 2.18. The average Bonchev–Trinajstić information content (AvgIpc) is 2.99. The Bertz CT molecular complexity index is 908. The van der Waals surface area contributed by atoms with Crippen LogP contribution in [0.1, 0.15) is 20.9 Å². The maximum atomic E-state index is 12.7. The van der Waals surface area contributed by atoms with Crippen molar-refractivity contribution in [2.45, 2.75) is 13.8 Å². The number of halogens is 1. The van der Waals surface area contributed by atoms with Crippen molar-refractivity contribution in [3.05, 3.63) is 69.7 Å². The fourth-order valence-electron chi connectivity index (χ4n) is 2.44.